The Kier molecular flexibility index (Phi) is 6.75. The van der Waals surface area contributed by atoms with E-state index in [1.54, 1.807) is 36.4 Å². The summed E-state index contributed by atoms with van der Waals surface area (Å²) in [6.45, 7) is 5.74. The standard InChI is InChI=1S/C23H26N2O3S2/c1-4-23(20-8-6-5-7-9-20)24-29(26,21-14-10-18(2)11-15-21)25-30(27,28)22-16-12-19(3)13-17-22/h5-17,23H,4H2,1-3H3,(H,24,25,26)/t23-,29?/m1/s1. The zero-order valence-electron chi connectivity index (χ0n) is 17.3. The molecular weight excluding hydrogens is 416 g/mol. The smallest absolute Gasteiger partial charge is 0.228 e. The molecule has 3 aromatic carbocycles. The molecule has 3 rings (SSSR count). The number of nitrogens with one attached hydrogen (secondary N) is 1. The lowest BCUT2D eigenvalue weighted by molar-refractivity contribution is 0.593. The van der Waals surface area contributed by atoms with Crippen LogP contribution in [-0.2, 0) is 19.9 Å². The van der Waals surface area contributed by atoms with Gasteiger partial charge in [-0.25, -0.2) is 8.93 Å². The van der Waals surface area contributed by atoms with Crippen LogP contribution in [0.3, 0.4) is 0 Å². The lowest BCUT2D eigenvalue weighted by Crippen LogP contribution is -2.29. The van der Waals surface area contributed by atoms with Crippen molar-refractivity contribution >= 4 is 19.9 Å². The summed E-state index contributed by atoms with van der Waals surface area (Å²) >= 11 is 0. The molecule has 0 amide bonds. The summed E-state index contributed by atoms with van der Waals surface area (Å²) in [7, 11) is -7.61. The van der Waals surface area contributed by atoms with Crippen LogP contribution in [0.25, 0.3) is 0 Å². The number of benzene rings is 3. The average Bonchev–Trinajstić information content (AvgIpc) is 2.73. The summed E-state index contributed by atoms with van der Waals surface area (Å²) in [5.41, 5.74) is 2.83. The summed E-state index contributed by atoms with van der Waals surface area (Å²) in [4.78, 5) is 0.348. The minimum Gasteiger partial charge on any atom is -0.228 e. The molecule has 0 saturated heterocycles. The molecule has 7 heteroatoms. The van der Waals surface area contributed by atoms with E-state index in [1.165, 1.54) is 12.1 Å². The van der Waals surface area contributed by atoms with E-state index in [2.05, 4.69) is 8.49 Å². The minimum absolute atomic E-state index is 0.0162. The summed E-state index contributed by atoms with van der Waals surface area (Å²) in [5, 5.41) is 0. The largest absolute Gasteiger partial charge is 0.291 e. The Morgan fingerprint density at radius 3 is 1.77 bits per heavy atom. The first-order valence-electron chi connectivity index (χ1n) is 9.72. The van der Waals surface area contributed by atoms with E-state index in [1.807, 2.05) is 51.1 Å². The molecule has 0 aromatic heterocycles. The Balaban J connectivity index is 2.14. The lowest BCUT2D eigenvalue weighted by Gasteiger charge is -2.21. The highest BCUT2D eigenvalue weighted by Crippen LogP contribution is 2.24. The van der Waals surface area contributed by atoms with Gasteiger partial charge >= 0.3 is 0 Å². The number of rotatable bonds is 7. The summed E-state index contributed by atoms with van der Waals surface area (Å²) in [6.07, 6.45) is 0.618. The molecular formula is C23H26N2O3S2. The zero-order chi connectivity index (χ0) is 21.8. The van der Waals surface area contributed by atoms with Gasteiger partial charge in [0.1, 0.15) is 0 Å². The second kappa shape index (κ2) is 9.12. The van der Waals surface area contributed by atoms with Crippen LogP contribution in [0.5, 0.6) is 0 Å². The highest BCUT2D eigenvalue weighted by atomic mass is 32.3. The van der Waals surface area contributed by atoms with Gasteiger partial charge in [-0.3, -0.25) is 0 Å². The fraction of sp³-hybridized carbons (Fsp3) is 0.217. The molecule has 158 valence electrons. The van der Waals surface area contributed by atoms with Crippen molar-refractivity contribution < 1.29 is 12.6 Å². The molecule has 0 fully saturated rings. The predicted molar refractivity (Wildman–Crippen MR) is 121 cm³/mol. The molecule has 0 aliphatic rings. The van der Waals surface area contributed by atoms with E-state index in [4.69, 9.17) is 0 Å². The third-order valence-electron chi connectivity index (χ3n) is 4.77. The molecule has 2 atom stereocenters. The first kappa shape index (κ1) is 22.2. The molecule has 0 aliphatic heterocycles. The van der Waals surface area contributed by atoms with E-state index in [0.717, 1.165) is 16.7 Å². The zero-order valence-corrected chi connectivity index (χ0v) is 18.9. The highest BCUT2D eigenvalue weighted by molar-refractivity contribution is 8.02. The summed E-state index contributed by atoms with van der Waals surface area (Å²) in [5.74, 6) is 0. The van der Waals surface area contributed by atoms with Crippen LogP contribution in [0.2, 0.25) is 0 Å². The van der Waals surface area contributed by atoms with Gasteiger partial charge in [0.2, 0.25) is 0 Å². The third-order valence-corrected chi connectivity index (χ3v) is 8.78. The molecule has 1 unspecified atom stereocenters. The van der Waals surface area contributed by atoms with Crippen LogP contribution >= 0.6 is 0 Å². The van der Waals surface area contributed by atoms with Crippen LogP contribution in [0.15, 0.2) is 92.4 Å². The van der Waals surface area contributed by atoms with Crippen molar-refractivity contribution in [3.8, 4) is 0 Å². The van der Waals surface area contributed by atoms with E-state index in [9.17, 15) is 12.6 Å². The second-order valence-corrected chi connectivity index (χ2v) is 11.0. The number of aryl methyl sites for hydroxylation is 2. The van der Waals surface area contributed by atoms with Gasteiger partial charge < -0.3 is 0 Å². The monoisotopic (exact) mass is 442 g/mol. The van der Waals surface area contributed by atoms with Gasteiger partial charge in [-0.2, -0.15) is 8.42 Å². The number of hydrogen-bond donors (Lipinski definition) is 1. The van der Waals surface area contributed by atoms with Gasteiger partial charge in [-0.05, 0) is 50.1 Å². The Morgan fingerprint density at radius 2 is 1.27 bits per heavy atom. The maximum atomic E-state index is 14.0. The minimum atomic E-state index is -4.14. The molecule has 0 bridgehead atoms. The van der Waals surface area contributed by atoms with Gasteiger partial charge in [-0.1, -0.05) is 76.4 Å². The molecule has 5 nitrogen and oxygen atoms in total. The molecule has 1 N–H and O–H groups in total. The molecule has 0 radical (unpaired) electrons. The van der Waals surface area contributed by atoms with Crippen molar-refractivity contribution in [2.75, 3.05) is 0 Å². The fourth-order valence-corrected chi connectivity index (χ4v) is 6.79. The predicted octanol–water partition coefficient (Wildman–Crippen LogP) is 5.18. The van der Waals surface area contributed by atoms with Crippen molar-refractivity contribution in [1.29, 1.82) is 0 Å². The van der Waals surface area contributed by atoms with Gasteiger partial charge in [0.15, 0.2) is 9.92 Å². The van der Waals surface area contributed by atoms with Crippen LogP contribution in [0.1, 0.15) is 36.1 Å². The second-order valence-electron chi connectivity index (χ2n) is 7.19. The quantitative estimate of drug-likeness (QED) is 0.548. The molecule has 0 spiro atoms. The van der Waals surface area contributed by atoms with E-state index >= 15 is 0 Å². The molecule has 0 saturated carbocycles. The normalized spacial score (nSPS) is 14.6. The summed E-state index contributed by atoms with van der Waals surface area (Å²) < 4.78 is 47.1. The fourth-order valence-electron chi connectivity index (χ4n) is 3.01. The van der Waals surface area contributed by atoms with Crippen molar-refractivity contribution in [2.45, 2.75) is 43.0 Å². The van der Waals surface area contributed by atoms with Gasteiger partial charge in [0, 0.05) is 6.04 Å². The maximum absolute atomic E-state index is 14.0. The maximum Gasteiger partial charge on any atom is 0.291 e. The van der Waals surface area contributed by atoms with Crippen molar-refractivity contribution in [3.63, 3.8) is 0 Å². The Labute approximate surface area is 179 Å². The SMILES string of the molecule is CC[C@@H](NS(=O)(=NS(=O)(=O)c1ccc(C)cc1)c1ccc(C)cc1)c1ccccc1. The van der Waals surface area contributed by atoms with Gasteiger partial charge in [0.25, 0.3) is 10.0 Å². The Hall–Kier alpha value is -2.48. The number of sulfonamides is 1. The summed E-state index contributed by atoms with van der Waals surface area (Å²) in [6, 6.07) is 22.5. The van der Waals surface area contributed by atoms with Gasteiger partial charge in [0.05, 0.1) is 9.79 Å². The van der Waals surface area contributed by atoms with Crippen LogP contribution < -0.4 is 4.72 Å². The Bertz CT molecular complexity index is 1210. The van der Waals surface area contributed by atoms with Crippen molar-refractivity contribution in [1.82, 2.24) is 4.72 Å². The van der Waals surface area contributed by atoms with Crippen molar-refractivity contribution in [3.05, 3.63) is 95.6 Å². The molecule has 0 heterocycles. The lowest BCUT2D eigenvalue weighted by atomic mass is 10.1. The van der Waals surface area contributed by atoms with Crippen LogP contribution in [-0.4, -0.2) is 12.6 Å². The molecule has 30 heavy (non-hydrogen) atoms. The topological polar surface area (TPSA) is 75.6 Å². The molecule has 0 aliphatic carbocycles. The Morgan fingerprint density at radius 1 is 0.767 bits per heavy atom. The van der Waals surface area contributed by atoms with E-state index in [-0.39, 0.29) is 10.9 Å². The van der Waals surface area contributed by atoms with Crippen molar-refractivity contribution in [2.24, 2.45) is 3.77 Å². The van der Waals surface area contributed by atoms with E-state index < -0.39 is 19.9 Å². The van der Waals surface area contributed by atoms with E-state index in [0.29, 0.717) is 11.3 Å². The third kappa shape index (κ3) is 5.16. The van der Waals surface area contributed by atoms with Crippen LogP contribution in [0.4, 0.5) is 0 Å². The first-order chi connectivity index (χ1) is 14.2. The number of nitrogens with zero attached hydrogens (tertiary/aromatic N) is 1. The van der Waals surface area contributed by atoms with Crippen LogP contribution in [0, 0.1) is 13.8 Å². The first-order valence-corrected chi connectivity index (χ1v) is 12.7. The average molecular weight is 443 g/mol. The molecule has 3 aromatic rings. The number of hydrogen-bond acceptors (Lipinski definition) is 3. The van der Waals surface area contributed by atoms with Gasteiger partial charge in [-0.15, -0.1) is 0 Å². The highest BCUT2D eigenvalue weighted by Gasteiger charge is 2.24.